The van der Waals surface area contributed by atoms with Crippen LogP contribution in [0.5, 0.6) is 0 Å². The molecule has 0 aliphatic heterocycles. The van der Waals surface area contributed by atoms with E-state index in [1.54, 1.807) is 0 Å². The minimum atomic E-state index is -1.84. The summed E-state index contributed by atoms with van der Waals surface area (Å²) in [5, 5.41) is 2.90. The summed E-state index contributed by atoms with van der Waals surface area (Å²) in [6.07, 6.45) is -3.36. The van der Waals surface area contributed by atoms with Crippen LogP contribution in [-0.4, -0.2) is 12.4 Å². The van der Waals surface area contributed by atoms with E-state index in [1.165, 1.54) is 10.4 Å². The van der Waals surface area contributed by atoms with Crippen LogP contribution in [0, 0.1) is 0 Å². The van der Waals surface area contributed by atoms with Gasteiger partial charge in [0.1, 0.15) is 6.21 Å². The van der Waals surface area contributed by atoms with Crippen LogP contribution in [0.4, 0.5) is 0 Å². The topological polar surface area (TPSA) is 0 Å². The molecule has 0 unspecified atom stereocenters. The first-order valence-electron chi connectivity index (χ1n) is 5.95. The lowest BCUT2D eigenvalue weighted by Gasteiger charge is -2.35. The van der Waals surface area contributed by atoms with Crippen molar-refractivity contribution in [1.29, 1.82) is 0 Å². The van der Waals surface area contributed by atoms with Crippen molar-refractivity contribution in [2.45, 2.75) is 13.1 Å². The Bertz CT molecular complexity index is 467. The minimum Gasteiger partial charge on any atom is -0.128 e. The van der Waals surface area contributed by atoms with Gasteiger partial charge in [-0.05, 0) is 10.4 Å². The molecule has 0 aromatic heterocycles. The van der Waals surface area contributed by atoms with Gasteiger partial charge >= 0.3 is 0 Å². The van der Waals surface area contributed by atoms with Gasteiger partial charge in [-0.1, -0.05) is 73.8 Å². The predicted octanol–water partition coefficient (Wildman–Crippen LogP) is 3.82. The van der Waals surface area contributed by atoms with E-state index in [-0.39, 0.29) is 0 Å². The first kappa shape index (κ1) is 14.2. The maximum atomic E-state index is 4.18. The van der Waals surface area contributed by atoms with Crippen LogP contribution in [0.1, 0.15) is 0 Å². The van der Waals surface area contributed by atoms with Gasteiger partial charge in [-0.2, -0.15) is 0 Å². The zero-order valence-electron chi connectivity index (χ0n) is 10.5. The maximum Gasteiger partial charge on any atom is 0.193 e. The van der Waals surface area contributed by atoms with Crippen molar-refractivity contribution in [1.82, 2.24) is 0 Å². The normalized spacial score (nSPS) is 12.4. The van der Waals surface area contributed by atoms with Crippen LogP contribution in [0.15, 0.2) is 60.7 Å². The third-order valence-electron chi connectivity index (χ3n) is 3.16. The van der Waals surface area contributed by atoms with Crippen molar-refractivity contribution in [3.8, 4) is 0 Å². The Labute approximate surface area is 126 Å². The van der Waals surface area contributed by atoms with E-state index in [1.807, 2.05) is 0 Å². The molecule has 0 aliphatic carbocycles. The second-order valence-corrected chi connectivity index (χ2v) is 30.2. The summed E-state index contributed by atoms with van der Waals surface area (Å²) in [5.74, 6) is 0. The fraction of sp³-hybridized carbons (Fsp3) is 0.143. The van der Waals surface area contributed by atoms with Crippen LogP contribution in [-0.2, 0) is 0 Å². The summed E-state index contributed by atoms with van der Waals surface area (Å²) in [5.41, 5.74) is 0. The Balaban J connectivity index is 2.63. The quantitative estimate of drug-likeness (QED) is 0.543. The summed E-state index contributed by atoms with van der Waals surface area (Å²) >= 11 is 8.20. The number of hydrogen-bond donors (Lipinski definition) is 0. The highest BCUT2D eigenvalue weighted by molar-refractivity contribution is 9.37. The lowest BCUT2D eigenvalue weighted by molar-refractivity contribution is 1.73. The van der Waals surface area contributed by atoms with Crippen molar-refractivity contribution >= 4 is 53.4 Å². The zero-order valence-corrected chi connectivity index (χ0v) is 15.7. The highest BCUT2D eigenvalue weighted by Crippen LogP contribution is 2.29. The van der Waals surface area contributed by atoms with Gasteiger partial charge in [-0.3, -0.25) is 0 Å². The lowest BCUT2D eigenvalue weighted by Crippen LogP contribution is -2.67. The Kier molecular flexibility index (Phi) is 4.31. The van der Waals surface area contributed by atoms with E-state index >= 15 is 0 Å². The molecule has 94 valence electrons. The van der Waals surface area contributed by atoms with Gasteiger partial charge in [-0.15, -0.1) is 30.6 Å². The van der Waals surface area contributed by atoms with Crippen molar-refractivity contribution in [2.24, 2.45) is 0 Å². The predicted molar refractivity (Wildman–Crippen MR) is 93.2 cm³/mol. The molecule has 0 saturated carbocycles. The average molecular weight is 400 g/mol. The molecule has 18 heavy (non-hydrogen) atoms. The van der Waals surface area contributed by atoms with E-state index in [9.17, 15) is 0 Å². The fourth-order valence-electron chi connectivity index (χ4n) is 2.19. The van der Waals surface area contributed by atoms with Crippen molar-refractivity contribution in [3.05, 3.63) is 60.7 Å². The molecule has 0 fully saturated rings. The van der Waals surface area contributed by atoms with Gasteiger partial charge in [0.15, 0.2) is 6.21 Å². The number of rotatable bonds is 3. The molecule has 0 saturated heterocycles. The standard InChI is InChI=1S/C14H16Br2Si2/c1-17(2,15)18(16,13-9-5-3-6-10-13)14-11-7-4-8-12-14/h3-12H,1-2H3. The largest absolute Gasteiger partial charge is 0.193 e. The molecule has 0 spiro atoms. The molecular weight excluding hydrogens is 384 g/mol. The molecule has 0 heterocycles. The maximum absolute atomic E-state index is 4.18. The molecule has 2 aromatic carbocycles. The highest BCUT2D eigenvalue weighted by atomic mass is 79.9. The molecule has 0 amide bonds. The second kappa shape index (κ2) is 5.45. The molecule has 4 heteroatoms. The Morgan fingerprint density at radius 1 is 0.667 bits per heavy atom. The van der Waals surface area contributed by atoms with Gasteiger partial charge in [0.2, 0.25) is 0 Å². The SMILES string of the molecule is C[Si](C)(Br)[Si](Br)(c1ccccc1)c1ccccc1. The van der Waals surface area contributed by atoms with Gasteiger partial charge in [-0.25, -0.2) is 0 Å². The van der Waals surface area contributed by atoms with Crippen molar-refractivity contribution in [3.63, 3.8) is 0 Å². The van der Waals surface area contributed by atoms with Crippen molar-refractivity contribution in [2.75, 3.05) is 0 Å². The number of hydrogen-bond acceptors (Lipinski definition) is 0. The molecule has 0 radical (unpaired) electrons. The van der Waals surface area contributed by atoms with Gasteiger partial charge in [0, 0.05) is 0 Å². The molecular formula is C14H16Br2Si2. The van der Waals surface area contributed by atoms with Gasteiger partial charge in [0.05, 0.1) is 0 Å². The lowest BCUT2D eigenvalue weighted by atomic mass is 10.4. The van der Waals surface area contributed by atoms with Crippen molar-refractivity contribution < 1.29 is 0 Å². The fourth-order valence-corrected chi connectivity index (χ4v) is 16.0. The molecule has 2 rings (SSSR count). The molecule has 0 nitrogen and oxygen atoms in total. The first-order valence-corrected chi connectivity index (χ1v) is 16.5. The van der Waals surface area contributed by atoms with E-state index < -0.39 is 12.4 Å². The summed E-state index contributed by atoms with van der Waals surface area (Å²) < 4.78 is 0. The van der Waals surface area contributed by atoms with E-state index in [0.717, 1.165) is 0 Å². The Morgan fingerprint density at radius 2 is 1.00 bits per heavy atom. The Morgan fingerprint density at radius 3 is 1.28 bits per heavy atom. The van der Waals surface area contributed by atoms with E-state index in [2.05, 4.69) is 104 Å². The smallest absolute Gasteiger partial charge is 0.128 e. The van der Waals surface area contributed by atoms with Crippen LogP contribution in [0.3, 0.4) is 0 Å². The first-order chi connectivity index (χ1) is 8.46. The van der Waals surface area contributed by atoms with Gasteiger partial charge < -0.3 is 0 Å². The summed E-state index contributed by atoms with van der Waals surface area (Å²) in [6.45, 7) is 4.77. The number of benzene rings is 2. The van der Waals surface area contributed by atoms with Crippen LogP contribution in [0.25, 0.3) is 0 Å². The van der Waals surface area contributed by atoms with Crippen LogP contribution < -0.4 is 10.4 Å². The molecule has 0 aliphatic rings. The zero-order chi connectivity index (χ0) is 13.2. The third kappa shape index (κ3) is 2.57. The average Bonchev–Trinajstić information content (AvgIpc) is 2.38. The number of halogens is 2. The van der Waals surface area contributed by atoms with E-state index in [0.29, 0.717) is 0 Å². The second-order valence-electron chi connectivity index (χ2n) is 4.86. The molecule has 0 bridgehead atoms. The molecule has 0 N–H and O–H groups in total. The van der Waals surface area contributed by atoms with Crippen LogP contribution in [0.2, 0.25) is 13.1 Å². The summed E-state index contributed by atoms with van der Waals surface area (Å²) in [7, 11) is 0. The summed E-state index contributed by atoms with van der Waals surface area (Å²) in [6, 6.07) is 21.7. The minimum absolute atomic E-state index is 1.45. The van der Waals surface area contributed by atoms with Gasteiger partial charge in [0.25, 0.3) is 0 Å². The monoisotopic (exact) mass is 398 g/mol. The summed E-state index contributed by atoms with van der Waals surface area (Å²) in [4.78, 5) is 0. The highest BCUT2D eigenvalue weighted by Gasteiger charge is 2.48. The molecule has 0 atom stereocenters. The Hall–Kier alpha value is -0.166. The van der Waals surface area contributed by atoms with Crippen LogP contribution >= 0.6 is 30.6 Å². The molecule has 2 aromatic rings. The van der Waals surface area contributed by atoms with E-state index in [4.69, 9.17) is 0 Å². The third-order valence-corrected chi connectivity index (χ3v) is 35.5.